The molecule has 1 saturated carbocycles. The first-order valence-electron chi connectivity index (χ1n) is 7.87. The molecule has 0 radical (unpaired) electrons. The number of benzene rings is 1. The molecule has 1 N–H and O–H groups in total. The van der Waals surface area contributed by atoms with Crippen LogP contribution in [0.15, 0.2) is 24.5 Å². The third-order valence-corrected chi connectivity index (χ3v) is 4.55. The summed E-state index contributed by atoms with van der Waals surface area (Å²) in [5.74, 6) is 0.874. The molecule has 1 heterocycles. The summed E-state index contributed by atoms with van der Waals surface area (Å²) in [5, 5.41) is 15.1. The Hall–Kier alpha value is -1.91. The topological polar surface area (TPSA) is 55.6 Å². The van der Waals surface area contributed by atoms with Crippen molar-refractivity contribution in [3.8, 4) is 5.69 Å². The van der Waals surface area contributed by atoms with Crippen molar-refractivity contribution in [2.75, 3.05) is 5.32 Å². The normalized spacial score (nSPS) is 22.2. The number of tetrazole rings is 1. The maximum Gasteiger partial charge on any atom is 0.143 e. The molecular formula is C16H23N5. The van der Waals surface area contributed by atoms with Gasteiger partial charge in [-0.3, -0.25) is 0 Å². The molecule has 0 aliphatic heterocycles. The van der Waals surface area contributed by atoms with Crippen molar-refractivity contribution >= 4 is 5.69 Å². The first kappa shape index (κ1) is 14.0. The van der Waals surface area contributed by atoms with Crippen LogP contribution in [0.5, 0.6) is 0 Å². The Balaban J connectivity index is 1.77. The van der Waals surface area contributed by atoms with Crippen molar-refractivity contribution in [2.24, 2.45) is 5.92 Å². The van der Waals surface area contributed by atoms with Crippen molar-refractivity contribution in [1.82, 2.24) is 20.2 Å². The van der Waals surface area contributed by atoms with E-state index in [1.165, 1.54) is 43.4 Å². The largest absolute Gasteiger partial charge is 0.382 e. The summed E-state index contributed by atoms with van der Waals surface area (Å²) in [7, 11) is 0. The molecule has 1 aromatic carbocycles. The van der Waals surface area contributed by atoms with E-state index in [0.717, 1.165) is 11.6 Å². The standard InChI is InChI=1S/C16H23N5/c1-3-13-5-4-6-14(9-13)18-16-10-15(8-7-12(16)2)21-11-17-19-20-21/h7-8,10-11,13-14,18H,3-6,9H2,1-2H3. The molecule has 0 spiro atoms. The quantitative estimate of drug-likeness (QED) is 0.936. The Morgan fingerprint density at radius 3 is 3.00 bits per heavy atom. The lowest BCUT2D eigenvalue weighted by molar-refractivity contribution is 0.327. The number of aromatic nitrogens is 4. The maximum atomic E-state index is 3.96. The second-order valence-corrected chi connectivity index (χ2v) is 6.04. The van der Waals surface area contributed by atoms with Crippen molar-refractivity contribution < 1.29 is 0 Å². The van der Waals surface area contributed by atoms with Crippen LogP contribution < -0.4 is 5.32 Å². The highest BCUT2D eigenvalue weighted by Crippen LogP contribution is 2.30. The van der Waals surface area contributed by atoms with Crippen LogP contribution in [0.3, 0.4) is 0 Å². The summed E-state index contributed by atoms with van der Waals surface area (Å²) in [6.07, 6.45) is 8.19. The average Bonchev–Trinajstić information content (AvgIpc) is 3.04. The smallest absolute Gasteiger partial charge is 0.143 e. The van der Waals surface area contributed by atoms with E-state index in [1.807, 2.05) is 6.07 Å². The molecule has 5 nitrogen and oxygen atoms in total. The number of anilines is 1. The lowest BCUT2D eigenvalue weighted by atomic mass is 9.84. The average molecular weight is 285 g/mol. The summed E-state index contributed by atoms with van der Waals surface area (Å²) in [5.41, 5.74) is 3.46. The fraction of sp³-hybridized carbons (Fsp3) is 0.562. The van der Waals surface area contributed by atoms with Crippen LogP contribution in [0.2, 0.25) is 0 Å². The molecule has 21 heavy (non-hydrogen) atoms. The maximum absolute atomic E-state index is 3.96. The van der Waals surface area contributed by atoms with Crippen LogP contribution >= 0.6 is 0 Å². The lowest BCUT2D eigenvalue weighted by Gasteiger charge is -2.30. The molecule has 5 heteroatoms. The number of hydrogen-bond acceptors (Lipinski definition) is 4. The molecule has 2 aromatic rings. The van der Waals surface area contributed by atoms with E-state index in [-0.39, 0.29) is 0 Å². The van der Waals surface area contributed by atoms with Gasteiger partial charge in [0.25, 0.3) is 0 Å². The van der Waals surface area contributed by atoms with Crippen molar-refractivity contribution in [3.05, 3.63) is 30.1 Å². The van der Waals surface area contributed by atoms with Gasteiger partial charge in [-0.2, -0.15) is 0 Å². The highest BCUT2D eigenvalue weighted by atomic mass is 15.5. The zero-order chi connectivity index (χ0) is 14.7. The van der Waals surface area contributed by atoms with Gasteiger partial charge >= 0.3 is 0 Å². The van der Waals surface area contributed by atoms with Gasteiger partial charge < -0.3 is 5.32 Å². The molecule has 2 unspecified atom stereocenters. The third-order valence-electron chi connectivity index (χ3n) is 4.55. The molecule has 1 aliphatic carbocycles. The van der Waals surface area contributed by atoms with Gasteiger partial charge in [0.2, 0.25) is 0 Å². The van der Waals surface area contributed by atoms with Gasteiger partial charge in [-0.05, 0) is 53.8 Å². The van der Waals surface area contributed by atoms with Crippen LogP contribution in [-0.4, -0.2) is 26.2 Å². The zero-order valence-electron chi connectivity index (χ0n) is 12.8. The molecule has 2 atom stereocenters. The van der Waals surface area contributed by atoms with Crippen molar-refractivity contribution in [3.63, 3.8) is 0 Å². The molecule has 1 aromatic heterocycles. The fourth-order valence-electron chi connectivity index (χ4n) is 3.20. The molecule has 3 rings (SSSR count). The van der Waals surface area contributed by atoms with E-state index in [0.29, 0.717) is 6.04 Å². The highest BCUT2D eigenvalue weighted by molar-refractivity contribution is 5.57. The number of rotatable bonds is 4. The number of aryl methyl sites for hydroxylation is 1. The zero-order valence-corrected chi connectivity index (χ0v) is 12.8. The van der Waals surface area contributed by atoms with Crippen LogP contribution in [0.25, 0.3) is 5.69 Å². The van der Waals surface area contributed by atoms with Gasteiger partial charge in [-0.15, -0.1) is 5.10 Å². The molecule has 112 valence electrons. The molecule has 1 fully saturated rings. The Kier molecular flexibility index (Phi) is 4.18. The minimum absolute atomic E-state index is 0.589. The van der Waals surface area contributed by atoms with Crippen LogP contribution in [-0.2, 0) is 0 Å². The highest BCUT2D eigenvalue weighted by Gasteiger charge is 2.21. The predicted octanol–water partition coefficient (Wildman–Crippen LogP) is 3.35. The van der Waals surface area contributed by atoms with Gasteiger partial charge in [-0.25, -0.2) is 4.68 Å². The minimum atomic E-state index is 0.589. The molecule has 0 saturated heterocycles. The van der Waals surface area contributed by atoms with E-state index < -0.39 is 0 Å². The number of hydrogen-bond donors (Lipinski definition) is 1. The third kappa shape index (κ3) is 3.23. The summed E-state index contributed by atoms with van der Waals surface area (Å²) in [6.45, 7) is 4.45. The SMILES string of the molecule is CCC1CCCC(Nc2cc(-n3cnnn3)ccc2C)C1. The van der Waals surface area contributed by atoms with E-state index in [4.69, 9.17) is 0 Å². The van der Waals surface area contributed by atoms with Crippen LogP contribution in [0.1, 0.15) is 44.6 Å². The molecule has 0 bridgehead atoms. The van der Waals surface area contributed by atoms with Gasteiger partial charge in [0.15, 0.2) is 0 Å². The Labute approximate surface area is 125 Å². The predicted molar refractivity (Wildman–Crippen MR) is 83.6 cm³/mol. The summed E-state index contributed by atoms with van der Waals surface area (Å²) < 4.78 is 1.69. The number of nitrogens with one attached hydrogen (secondary N) is 1. The minimum Gasteiger partial charge on any atom is -0.382 e. The summed E-state index contributed by atoms with van der Waals surface area (Å²) in [4.78, 5) is 0. The second kappa shape index (κ2) is 6.24. The Bertz CT molecular complexity index is 578. The summed E-state index contributed by atoms with van der Waals surface area (Å²) >= 11 is 0. The van der Waals surface area contributed by atoms with E-state index in [9.17, 15) is 0 Å². The lowest BCUT2D eigenvalue weighted by Crippen LogP contribution is -2.27. The first-order chi connectivity index (χ1) is 10.3. The second-order valence-electron chi connectivity index (χ2n) is 6.04. The van der Waals surface area contributed by atoms with Gasteiger partial charge in [0, 0.05) is 11.7 Å². The van der Waals surface area contributed by atoms with Gasteiger partial charge in [-0.1, -0.05) is 32.3 Å². The fourth-order valence-corrected chi connectivity index (χ4v) is 3.20. The first-order valence-corrected chi connectivity index (χ1v) is 7.87. The Morgan fingerprint density at radius 1 is 1.33 bits per heavy atom. The molecule has 0 amide bonds. The molecular weight excluding hydrogens is 262 g/mol. The van der Waals surface area contributed by atoms with Crippen molar-refractivity contribution in [1.29, 1.82) is 0 Å². The van der Waals surface area contributed by atoms with Crippen molar-refractivity contribution in [2.45, 2.75) is 52.0 Å². The molecule has 1 aliphatic rings. The van der Waals surface area contributed by atoms with Crippen LogP contribution in [0, 0.1) is 12.8 Å². The monoisotopic (exact) mass is 285 g/mol. The summed E-state index contributed by atoms with van der Waals surface area (Å²) in [6, 6.07) is 6.90. The van der Waals surface area contributed by atoms with E-state index >= 15 is 0 Å². The van der Waals surface area contributed by atoms with E-state index in [2.05, 4.69) is 46.8 Å². The number of nitrogens with zero attached hydrogens (tertiary/aromatic N) is 4. The van der Waals surface area contributed by atoms with Gasteiger partial charge in [0.05, 0.1) is 5.69 Å². The van der Waals surface area contributed by atoms with E-state index in [1.54, 1.807) is 11.0 Å². The van der Waals surface area contributed by atoms with Crippen LogP contribution in [0.4, 0.5) is 5.69 Å². The Morgan fingerprint density at radius 2 is 2.24 bits per heavy atom. The van der Waals surface area contributed by atoms with Gasteiger partial charge in [0.1, 0.15) is 6.33 Å².